The molecule has 0 radical (unpaired) electrons. The highest BCUT2D eigenvalue weighted by atomic mass is 35.5. The summed E-state index contributed by atoms with van der Waals surface area (Å²) in [6, 6.07) is 13.6. The average Bonchev–Trinajstić information content (AvgIpc) is 3.14. The molecule has 2 heterocycles. The minimum absolute atomic E-state index is 0.289. The second kappa shape index (κ2) is 5.58. The van der Waals surface area contributed by atoms with Gasteiger partial charge in [-0.05, 0) is 23.8 Å². The summed E-state index contributed by atoms with van der Waals surface area (Å²) in [6.45, 7) is 0.337. The fourth-order valence-corrected chi connectivity index (χ4v) is 3.21. The van der Waals surface area contributed by atoms with Crippen molar-refractivity contribution in [3.63, 3.8) is 0 Å². The molecule has 0 bridgehead atoms. The first-order valence-corrected chi connectivity index (χ1v) is 7.76. The number of rotatable bonds is 4. The summed E-state index contributed by atoms with van der Waals surface area (Å²) in [6.07, 6.45) is 1.13. The van der Waals surface area contributed by atoms with E-state index in [9.17, 15) is 9.18 Å². The molecule has 1 aromatic heterocycles. The van der Waals surface area contributed by atoms with E-state index in [-0.39, 0.29) is 11.9 Å². The first kappa shape index (κ1) is 15.1. The third-order valence-electron chi connectivity index (χ3n) is 4.17. The fraction of sp³-hybridized carbons (Fsp3) is 0.176. The van der Waals surface area contributed by atoms with E-state index >= 15 is 0 Å². The van der Waals surface area contributed by atoms with Crippen molar-refractivity contribution in [1.82, 2.24) is 14.8 Å². The third kappa shape index (κ3) is 2.53. The normalized spacial score (nSPS) is 22.5. The Hall–Kier alpha value is -2.44. The Morgan fingerprint density at radius 2 is 2.00 bits per heavy atom. The Bertz CT molecular complexity index is 937. The van der Waals surface area contributed by atoms with E-state index in [0.29, 0.717) is 11.6 Å². The lowest BCUT2D eigenvalue weighted by Gasteiger charge is -2.14. The van der Waals surface area contributed by atoms with Crippen LogP contribution in [0.3, 0.4) is 0 Å². The Morgan fingerprint density at radius 3 is 2.67 bits per heavy atom. The van der Waals surface area contributed by atoms with Gasteiger partial charge >= 0.3 is 5.69 Å². The van der Waals surface area contributed by atoms with Crippen molar-refractivity contribution in [1.29, 1.82) is 0 Å². The molecule has 7 heteroatoms. The van der Waals surface area contributed by atoms with E-state index in [0.717, 1.165) is 11.1 Å². The molecule has 0 saturated carbocycles. The number of halogens is 2. The molecule has 0 amide bonds. The largest absolute Gasteiger partial charge is 0.361 e. The molecule has 1 fully saturated rings. The molecule has 2 atom stereocenters. The van der Waals surface area contributed by atoms with Crippen LogP contribution in [0.4, 0.5) is 4.39 Å². The topological polar surface area (TPSA) is 63.2 Å². The van der Waals surface area contributed by atoms with Crippen molar-refractivity contribution < 1.29 is 9.13 Å². The van der Waals surface area contributed by atoms with Crippen LogP contribution in [-0.2, 0) is 16.9 Å². The quantitative estimate of drug-likeness (QED) is 0.739. The second-order valence-electron chi connectivity index (χ2n) is 5.71. The highest BCUT2D eigenvalue weighted by Crippen LogP contribution is 2.59. The summed E-state index contributed by atoms with van der Waals surface area (Å²) in [5.74, 6) is -0.320. The first-order valence-electron chi connectivity index (χ1n) is 7.38. The number of nitrogens with one attached hydrogen (secondary N) is 1. The zero-order chi connectivity index (χ0) is 16.7. The molecule has 1 aliphatic heterocycles. The Labute approximate surface area is 141 Å². The predicted octanol–water partition coefficient (Wildman–Crippen LogP) is 3.03. The predicted molar refractivity (Wildman–Crippen MR) is 86.2 cm³/mol. The number of hydrogen-bond donors (Lipinski definition) is 1. The summed E-state index contributed by atoms with van der Waals surface area (Å²) in [5.41, 5.74) is 0.496. The van der Waals surface area contributed by atoms with Crippen LogP contribution in [0.25, 0.3) is 0 Å². The van der Waals surface area contributed by atoms with E-state index in [1.165, 1.54) is 18.5 Å². The standard InChI is InChI=1S/C17H13ClFN3O2/c18-14-4-2-1-3-13(14)15-17(24-15,9-22-10-20-16(23)21-22)11-5-7-12(19)8-6-11/h1-8,10,15H,9H2,(H,21,23). The number of epoxide rings is 1. The van der Waals surface area contributed by atoms with Crippen LogP contribution in [0.1, 0.15) is 17.2 Å². The Kier molecular flexibility index (Phi) is 3.51. The number of aromatic nitrogens is 3. The smallest absolute Gasteiger partial charge is 0.354 e. The summed E-state index contributed by atoms with van der Waals surface area (Å²) < 4.78 is 20.9. The number of H-pyrrole nitrogens is 1. The lowest BCUT2D eigenvalue weighted by Crippen LogP contribution is -2.20. The van der Waals surface area contributed by atoms with Crippen LogP contribution in [0.2, 0.25) is 5.02 Å². The van der Waals surface area contributed by atoms with Crippen LogP contribution in [0.5, 0.6) is 0 Å². The summed E-state index contributed by atoms with van der Waals surface area (Å²) in [5, 5.41) is 3.21. The molecule has 1 aliphatic rings. The monoisotopic (exact) mass is 345 g/mol. The Balaban J connectivity index is 1.75. The summed E-state index contributed by atoms with van der Waals surface area (Å²) >= 11 is 6.29. The zero-order valence-corrected chi connectivity index (χ0v) is 13.2. The van der Waals surface area contributed by atoms with E-state index in [4.69, 9.17) is 16.3 Å². The molecule has 122 valence electrons. The maximum Gasteiger partial charge on any atom is 0.361 e. The third-order valence-corrected chi connectivity index (χ3v) is 4.52. The van der Waals surface area contributed by atoms with Crippen LogP contribution in [0.15, 0.2) is 59.7 Å². The van der Waals surface area contributed by atoms with Gasteiger partial charge in [-0.15, -0.1) is 0 Å². The lowest BCUT2D eigenvalue weighted by molar-refractivity contribution is 0.262. The number of nitrogens with zero attached hydrogens (tertiary/aromatic N) is 2. The molecule has 4 rings (SSSR count). The van der Waals surface area contributed by atoms with Gasteiger partial charge in [-0.3, -0.25) is 4.68 Å². The summed E-state index contributed by atoms with van der Waals surface area (Å²) in [4.78, 5) is 14.9. The molecule has 1 N–H and O–H groups in total. The minimum atomic E-state index is -0.734. The van der Waals surface area contributed by atoms with Gasteiger partial charge in [-0.2, -0.15) is 4.98 Å². The van der Waals surface area contributed by atoms with Gasteiger partial charge in [0.1, 0.15) is 23.8 Å². The molecule has 2 aromatic carbocycles. The van der Waals surface area contributed by atoms with Crippen molar-refractivity contribution in [3.8, 4) is 0 Å². The van der Waals surface area contributed by atoms with Crippen LogP contribution in [0, 0.1) is 5.82 Å². The van der Waals surface area contributed by atoms with Crippen LogP contribution in [-0.4, -0.2) is 14.8 Å². The number of benzene rings is 2. The molecular weight excluding hydrogens is 333 g/mol. The van der Waals surface area contributed by atoms with Crippen molar-refractivity contribution in [3.05, 3.63) is 87.3 Å². The van der Waals surface area contributed by atoms with Gasteiger partial charge in [0.25, 0.3) is 0 Å². The lowest BCUT2D eigenvalue weighted by atomic mass is 9.91. The first-order chi connectivity index (χ1) is 11.6. The van der Waals surface area contributed by atoms with Gasteiger partial charge in [-0.1, -0.05) is 41.9 Å². The van der Waals surface area contributed by atoms with E-state index in [1.807, 2.05) is 18.2 Å². The highest BCUT2D eigenvalue weighted by Gasteiger charge is 2.59. The van der Waals surface area contributed by atoms with Gasteiger partial charge < -0.3 is 4.74 Å². The molecule has 3 aromatic rings. The molecule has 5 nitrogen and oxygen atoms in total. The van der Waals surface area contributed by atoms with E-state index < -0.39 is 11.3 Å². The van der Waals surface area contributed by atoms with Gasteiger partial charge in [0.15, 0.2) is 0 Å². The molecule has 1 saturated heterocycles. The van der Waals surface area contributed by atoms with Crippen molar-refractivity contribution in [2.24, 2.45) is 0 Å². The minimum Gasteiger partial charge on any atom is -0.354 e. The fourth-order valence-electron chi connectivity index (χ4n) is 2.98. The van der Waals surface area contributed by atoms with Crippen molar-refractivity contribution in [2.45, 2.75) is 18.2 Å². The van der Waals surface area contributed by atoms with E-state index in [2.05, 4.69) is 10.1 Å². The van der Waals surface area contributed by atoms with Crippen molar-refractivity contribution in [2.75, 3.05) is 0 Å². The number of aromatic amines is 1. The molecular formula is C17H13ClFN3O2. The number of hydrogen-bond acceptors (Lipinski definition) is 3. The highest BCUT2D eigenvalue weighted by molar-refractivity contribution is 6.31. The SMILES string of the molecule is O=c1ncn(CC2(c3ccc(F)cc3)OC2c2ccccc2Cl)[nH]1. The number of ether oxygens (including phenoxy) is 1. The van der Waals surface area contributed by atoms with Crippen LogP contribution < -0.4 is 5.69 Å². The van der Waals surface area contributed by atoms with Gasteiger partial charge in [-0.25, -0.2) is 14.3 Å². The van der Waals surface area contributed by atoms with Crippen LogP contribution >= 0.6 is 11.6 Å². The maximum absolute atomic E-state index is 13.3. The molecule has 0 spiro atoms. The molecule has 0 aliphatic carbocycles. The molecule has 2 unspecified atom stereocenters. The van der Waals surface area contributed by atoms with Crippen molar-refractivity contribution >= 4 is 11.6 Å². The molecule has 24 heavy (non-hydrogen) atoms. The summed E-state index contributed by atoms with van der Waals surface area (Å²) in [7, 11) is 0. The average molecular weight is 346 g/mol. The maximum atomic E-state index is 13.3. The van der Waals surface area contributed by atoms with Gasteiger partial charge in [0.2, 0.25) is 0 Å². The zero-order valence-electron chi connectivity index (χ0n) is 12.4. The van der Waals surface area contributed by atoms with E-state index in [1.54, 1.807) is 22.9 Å². The Morgan fingerprint density at radius 1 is 1.25 bits per heavy atom. The van der Waals surface area contributed by atoms with Gasteiger partial charge in [0, 0.05) is 10.6 Å². The van der Waals surface area contributed by atoms with Gasteiger partial charge in [0.05, 0.1) is 6.54 Å². The second-order valence-corrected chi connectivity index (χ2v) is 6.11.